The van der Waals surface area contributed by atoms with Crippen LogP contribution in [-0.2, 0) is 9.53 Å². The van der Waals surface area contributed by atoms with E-state index in [4.69, 9.17) is 14.7 Å². The molecule has 0 saturated carbocycles. The van der Waals surface area contributed by atoms with E-state index < -0.39 is 0 Å². The van der Waals surface area contributed by atoms with Gasteiger partial charge in [-0.15, -0.1) is 0 Å². The quantitative estimate of drug-likeness (QED) is 0.825. The molecule has 1 aromatic rings. The molecule has 4 rings (SSSR count). The Labute approximate surface area is 153 Å². The second kappa shape index (κ2) is 7.36. The Hall–Kier alpha value is -1.93. The number of ether oxygens (including phenoxy) is 1. The van der Waals surface area contributed by atoms with Crippen LogP contribution in [0.25, 0.3) is 0 Å². The third-order valence-corrected chi connectivity index (χ3v) is 5.48. The third-order valence-electron chi connectivity index (χ3n) is 5.48. The van der Waals surface area contributed by atoms with E-state index in [1.807, 2.05) is 9.80 Å². The molecule has 3 saturated heterocycles. The smallest absolute Gasteiger partial charge is 0.227 e. The first-order valence-electron chi connectivity index (χ1n) is 9.50. The van der Waals surface area contributed by atoms with Gasteiger partial charge in [-0.25, -0.2) is 4.98 Å². The molecule has 8 nitrogen and oxygen atoms in total. The van der Waals surface area contributed by atoms with Gasteiger partial charge in [-0.1, -0.05) is 0 Å². The molecule has 1 N–H and O–H groups in total. The molecule has 1 amide bonds. The number of aliphatic hydroxyl groups is 1. The molecular weight excluding hydrogens is 334 g/mol. The average Bonchev–Trinajstić information content (AvgIpc) is 3.02. The van der Waals surface area contributed by atoms with Crippen LogP contribution in [0.1, 0.15) is 31.4 Å². The number of rotatable bonds is 3. The summed E-state index contributed by atoms with van der Waals surface area (Å²) in [6.07, 6.45) is 1.63. The van der Waals surface area contributed by atoms with Crippen molar-refractivity contribution in [1.29, 1.82) is 0 Å². The Morgan fingerprint density at radius 1 is 1.19 bits per heavy atom. The van der Waals surface area contributed by atoms with E-state index >= 15 is 0 Å². The summed E-state index contributed by atoms with van der Waals surface area (Å²) < 4.78 is 5.54. The topological polar surface area (TPSA) is 82.0 Å². The van der Waals surface area contributed by atoms with E-state index in [1.165, 1.54) is 0 Å². The second-order valence-electron chi connectivity index (χ2n) is 7.42. The standard InChI is InChI=1S/C18H27N5O3/c1-13(24)21-4-2-5-22(7-6-21)17-9-16(14-3-8-26-12-14)19-18(20-17)23-10-15(25)11-23/h9,14-15,25H,2-8,10-12H2,1H3/t14-/m0/s1. The van der Waals surface area contributed by atoms with Crippen molar-refractivity contribution in [1.82, 2.24) is 14.9 Å². The molecular formula is C18H27N5O3. The number of nitrogens with zero attached hydrogens (tertiary/aromatic N) is 5. The van der Waals surface area contributed by atoms with Crippen molar-refractivity contribution in [3.05, 3.63) is 11.8 Å². The third kappa shape index (κ3) is 3.61. The Balaban J connectivity index is 1.58. The van der Waals surface area contributed by atoms with Crippen molar-refractivity contribution in [2.45, 2.75) is 31.8 Å². The van der Waals surface area contributed by atoms with Crippen LogP contribution in [0.2, 0.25) is 0 Å². The van der Waals surface area contributed by atoms with E-state index in [-0.39, 0.29) is 12.0 Å². The molecule has 0 aromatic carbocycles. The number of hydrogen-bond donors (Lipinski definition) is 1. The number of amides is 1. The van der Waals surface area contributed by atoms with Gasteiger partial charge in [-0.2, -0.15) is 4.98 Å². The van der Waals surface area contributed by atoms with Crippen LogP contribution < -0.4 is 9.80 Å². The first kappa shape index (κ1) is 17.5. The van der Waals surface area contributed by atoms with Gasteiger partial charge in [0.05, 0.1) is 18.4 Å². The molecule has 3 aliphatic rings. The highest BCUT2D eigenvalue weighted by Crippen LogP contribution is 2.29. The normalized spacial score (nSPS) is 24.5. The van der Waals surface area contributed by atoms with Gasteiger partial charge >= 0.3 is 0 Å². The molecule has 0 aliphatic carbocycles. The summed E-state index contributed by atoms with van der Waals surface area (Å²) in [6, 6.07) is 2.09. The maximum absolute atomic E-state index is 11.7. The molecule has 3 fully saturated rings. The van der Waals surface area contributed by atoms with Gasteiger partial charge < -0.3 is 24.5 Å². The fraction of sp³-hybridized carbons (Fsp3) is 0.722. The highest BCUT2D eigenvalue weighted by molar-refractivity contribution is 5.73. The SMILES string of the molecule is CC(=O)N1CCCN(c2cc([C@H]3CCOC3)nc(N3CC(O)C3)n2)CC1. The van der Waals surface area contributed by atoms with Crippen molar-refractivity contribution in [3.63, 3.8) is 0 Å². The number of carbonyl (C=O) groups excluding carboxylic acids is 1. The molecule has 0 radical (unpaired) electrons. The lowest BCUT2D eigenvalue weighted by atomic mass is 10.0. The van der Waals surface area contributed by atoms with Crippen molar-refractivity contribution in [2.24, 2.45) is 0 Å². The first-order chi connectivity index (χ1) is 12.6. The van der Waals surface area contributed by atoms with Crippen LogP contribution in [-0.4, -0.2) is 84.5 Å². The van der Waals surface area contributed by atoms with Crippen LogP contribution in [0.15, 0.2) is 6.07 Å². The van der Waals surface area contributed by atoms with Gasteiger partial charge in [0, 0.05) is 64.8 Å². The van der Waals surface area contributed by atoms with Gasteiger partial charge in [0.1, 0.15) is 5.82 Å². The summed E-state index contributed by atoms with van der Waals surface area (Å²) >= 11 is 0. The van der Waals surface area contributed by atoms with Gasteiger partial charge in [-0.3, -0.25) is 4.79 Å². The number of aromatic nitrogens is 2. The van der Waals surface area contributed by atoms with Crippen molar-refractivity contribution in [2.75, 3.05) is 62.3 Å². The fourth-order valence-electron chi connectivity index (χ4n) is 3.80. The van der Waals surface area contributed by atoms with Crippen molar-refractivity contribution >= 4 is 17.7 Å². The van der Waals surface area contributed by atoms with E-state index in [2.05, 4.69) is 11.0 Å². The Morgan fingerprint density at radius 3 is 2.73 bits per heavy atom. The average molecular weight is 361 g/mol. The number of anilines is 2. The zero-order valence-electron chi connectivity index (χ0n) is 15.3. The molecule has 0 unspecified atom stereocenters. The van der Waals surface area contributed by atoms with Crippen LogP contribution in [0.3, 0.4) is 0 Å². The minimum absolute atomic E-state index is 0.133. The highest BCUT2D eigenvalue weighted by Gasteiger charge is 2.30. The Morgan fingerprint density at radius 2 is 2.04 bits per heavy atom. The predicted molar refractivity (Wildman–Crippen MR) is 97.5 cm³/mol. The minimum atomic E-state index is -0.289. The van der Waals surface area contributed by atoms with Crippen molar-refractivity contribution in [3.8, 4) is 0 Å². The summed E-state index contributed by atoms with van der Waals surface area (Å²) in [5, 5.41) is 9.63. The number of aliphatic hydroxyl groups excluding tert-OH is 1. The van der Waals surface area contributed by atoms with Crippen LogP contribution >= 0.6 is 0 Å². The zero-order chi connectivity index (χ0) is 18.1. The molecule has 26 heavy (non-hydrogen) atoms. The predicted octanol–water partition coefficient (Wildman–Crippen LogP) is 0.220. The highest BCUT2D eigenvalue weighted by atomic mass is 16.5. The second-order valence-corrected chi connectivity index (χ2v) is 7.42. The lowest BCUT2D eigenvalue weighted by Gasteiger charge is -2.36. The molecule has 8 heteroatoms. The van der Waals surface area contributed by atoms with E-state index in [9.17, 15) is 9.90 Å². The lowest BCUT2D eigenvalue weighted by Crippen LogP contribution is -2.51. The van der Waals surface area contributed by atoms with E-state index in [0.29, 0.717) is 31.6 Å². The summed E-state index contributed by atoms with van der Waals surface area (Å²) in [4.78, 5) is 27.4. The van der Waals surface area contributed by atoms with Gasteiger partial charge in [0.2, 0.25) is 11.9 Å². The minimum Gasteiger partial charge on any atom is -0.389 e. The molecule has 0 bridgehead atoms. The van der Waals surface area contributed by atoms with E-state index in [0.717, 1.165) is 57.1 Å². The first-order valence-corrected chi connectivity index (χ1v) is 9.50. The summed E-state index contributed by atoms with van der Waals surface area (Å²) in [5.41, 5.74) is 1.02. The molecule has 1 atom stereocenters. The fourth-order valence-corrected chi connectivity index (χ4v) is 3.80. The number of β-amino-alcohol motifs (C(OH)–C–C–N with tert-alkyl or cyclic N) is 1. The molecule has 0 spiro atoms. The monoisotopic (exact) mass is 361 g/mol. The molecule has 4 heterocycles. The molecule has 3 aliphatic heterocycles. The van der Waals surface area contributed by atoms with Crippen molar-refractivity contribution < 1.29 is 14.6 Å². The van der Waals surface area contributed by atoms with Crippen LogP contribution in [0, 0.1) is 0 Å². The summed E-state index contributed by atoms with van der Waals surface area (Å²) in [7, 11) is 0. The largest absolute Gasteiger partial charge is 0.389 e. The van der Waals surface area contributed by atoms with Gasteiger partial charge in [-0.05, 0) is 12.8 Å². The Bertz CT molecular complexity index is 658. The summed E-state index contributed by atoms with van der Waals surface area (Å²) in [5.74, 6) is 2.06. The molecule has 1 aromatic heterocycles. The van der Waals surface area contributed by atoms with Crippen LogP contribution in [0.5, 0.6) is 0 Å². The Kier molecular flexibility index (Phi) is 4.95. The maximum Gasteiger partial charge on any atom is 0.227 e. The van der Waals surface area contributed by atoms with Crippen LogP contribution in [0.4, 0.5) is 11.8 Å². The van der Waals surface area contributed by atoms with Gasteiger partial charge in [0.15, 0.2) is 0 Å². The molecule has 142 valence electrons. The summed E-state index contributed by atoms with van der Waals surface area (Å²) in [6.45, 7) is 7.46. The van der Waals surface area contributed by atoms with Gasteiger partial charge in [0.25, 0.3) is 0 Å². The zero-order valence-corrected chi connectivity index (χ0v) is 15.3. The maximum atomic E-state index is 11.7. The number of hydrogen-bond acceptors (Lipinski definition) is 7. The number of carbonyl (C=O) groups is 1. The lowest BCUT2D eigenvalue weighted by molar-refractivity contribution is -0.128. The van der Waals surface area contributed by atoms with E-state index in [1.54, 1.807) is 6.92 Å².